The van der Waals surface area contributed by atoms with E-state index in [4.69, 9.17) is 4.74 Å². The summed E-state index contributed by atoms with van der Waals surface area (Å²) >= 11 is 0. The largest absolute Gasteiger partial charge is 0.458 e. The van der Waals surface area contributed by atoms with Gasteiger partial charge in [0.25, 0.3) is 0 Å². The highest BCUT2D eigenvalue weighted by Crippen LogP contribution is 2.06. The van der Waals surface area contributed by atoms with Gasteiger partial charge in [-0.3, -0.25) is 0 Å². The van der Waals surface area contributed by atoms with Crippen molar-refractivity contribution in [3.05, 3.63) is 18.0 Å². The molecule has 1 aromatic rings. The van der Waals surface area contributed by atoms with Crippen molar-refractivity contribution in [1.29, 1.82) is 0 Å². The molecule has 0 spiro atoms. The molecule has 0 amide bonds. The highest BCUT2D eigenvalue weighted by molar-refractivity contribution is 5.87. The second-order valence-corrected chi connectivity index (χ2v) is 4.17. The molecule has 94 valence electrons. The van der Waals surface area contributed by atoms with Gasteiger partial charge in [-0.2, -0.15) is 0 Å². The maximum atomic E-state index is 11.6. The van der Waals surface area contributed by atoms with Crippen LogP contribution in [0, 0.1) is 0 Å². The van der Waals surface area contributed by atoms with Crippen LogP contribution in [0.4, 0.5) is 5.95 Å². The molecule has 5 nitrogen and oxygen atoms in total. The van der Waals surface area contributed by atoms with Gasteiger partial charge >= 0.3 is 5.97 Å². The second-order valence-electron chi connectivity index (χ2n) is 4.17. The van der Waals surface area contributed by atoms with Gasteiger partial charge in [-0.05, 0) is 33.3 Å². The molecule has 0 radical (unpaired) electrons. The lowest BCUT2D eigenvalue weighted by molar-refractivity contribution is 0.0371. The van der Waals surface area contributed by atoms with Crippen molar-refractivity contribution < 1.29 is 9.53 Å². The number of nitrogens with one attached hydrogen (secondary N) is 1. The van der Waals surface area contributed by atoms with Crippen molar-refractivity contribution in [3.8, 4) is 0 Å². The number of hydrogen-bond acceptors (Lipinski definition) is 5. The van der Waals surface area contributed by atoms with Gasteiger partial charge in [0.05, 0.1) is 6.10 Å². The number of rotatable bonds is 5. The average molecular weight is 237 g/mol. The first kappa shape index (κ1) is 13.4. The van der Waals surface area contributed by atoms with Gasteiger partial charge in [0.2, 0.25) is 5.95 Å². The molecule has 0 aromatic carbocycles. The topological polar surface area (TPSA) is 64.1 Å². The SMILES string of the molecule is CCC(C)Nc1nccc(C(=O)OC(C)C)n1. The Kier molecular flexibility index (Phi) is 4.87. The monoisotopic (exact) mass is 237 g/mol. The third kappa shape index (κ3) is 4.38. The van der Waals surface area contributed by atoms with Crippen molar-refractivity contribution >= 4 is 11.9 Å². The van der Waals surface area contributed by atoms with Crippen LogP contribution >= 0.6 is 0 Å². The molecule has 1 atom stereocenters. The van der Waals surface area contributed by atoms with Crippen LogP contribution in [0.15, 0.2) is 12.3 Å². The van der Waals surface area contributed by atoms with Gasteiger partial charge in [0, 0.05) is 12.2 Å². The van der Waals surface area contributed by atoms with E-state index in [1.807, 2.05) is 6.92 Å². The van der Waals surface area contributed by atoms with Crippen molar-refractivity contribution in [2.45, 2.75) is 46.3 Å². The molecule has 1 aromatic heterocycles. The number of nitrogens with zero attached hydrogens (tertiary/aromatic N) is 2. The van der Waals surface area contributed by atoms with E-state index in [0.717, 1.165) is 6.42 Å². The minimum Gasteiger partial charge on any atom is -0.458 e. The molecule has 0 bridgehead atoms. The van der Waals surface area contributed by atoms with Crippen LogP contribution in [0.2, 0.25) is 0 Å². The van der Waals surface area contributed by atoms with Crippen LogP contribution in [0.25, 0.3) is 0 Å². The molecule has 1 rings (SSSR count). The first-order chi connectivity index (χ1) is 8.02. The lowest BCUT2D eigenvalue weighted by atomic mass is 10.3. The van der Waals surface area contributed by atoms with Gasteiger partial charge in [-0.25, -0.2) is 14.8 Å². The van der Waals surface area contributed by atoms with E-state index >= 15 is 0 Å². The molecule has 0 aliphatic rings. The first-order valence-corrected chi connectivity index (χ1v) is 5.83. The fourth-order valence-corrected chi connectivity index (χ4v) is 1.14. The number of aromatic nitrogens is 2. The molecule has 0 aliphatic carbocycles. The smallest absolute Gasteiger partial charge is 0.357 e. The molecule has 17 heavy (non-hydrogen) atoms. The van der Waals surface area contributed by atoms with Crippen LogP contribution in [0.1, 0.15) is 44.6 Å². The average Bonchev–Trinajstić information content (AvgIpc) is 2.28. The zero-order valence-electron chi connectivity index (χ0n) is 10.7. The van der Waals surface area contributed by atoms with E-state index in [9.17, 15) is 4.79 Å². The molecule has 0 saturated heterocycles. The maximum Gasteiger partial charge on any atom is 0.357 e. The lowest BCUT2D eigenvalue weighted by Crippen LogP contribution is -2.18. The molecule has 0 aliphatic heterocycles. The summed E-state index contributed by atoms with van der Waals surface area (Å²) in [5, 5.41) is 3.11. The Hall–Kier alpha value is -1.65. The standard InChI is InChI=1S/C12H19N3O2/c1-5-9(4)14-12-13-7-6-10(15-12)11(16)17-8(2)3/h6-9H,5H2,1-4H3,(H,13,14,15). The second kappa shape index (κ2) is 6.18. The molecule has 5 heteroatoms. The minimum atomic E-state index is -0.422. The van der Waals surface area contributed by atoms with Crippen LogP contribution in [0.3, 0.4) is 0 Å². The summed E-state index contributed by atoms with van der Waals surface area (Å²) in [6, 6.07) is 1.82. The Balaban J connectivity index is 2.75. The third-order valence-corrected chi connectivity index (χ3v) is 2.20. The maximum absolute atomic E-state index is 11.6. The number of anilines is 1. The van der Waals surface area contributed by atoms with Crippen LogP contribution in [-0.2, 0) is 4.74 Å². The molecule has 0 fully saturated rings. The first-order valence-electron chi connectivity index (χ1n) is 5.83. The number of esters is 1. The summed E-state index contributed by atoms with van der Waals surface area (Å²) in [7, 11) is 0. The number of hydrogen-bond donors (Lipinski definition) is 1. The number of carbonyl (C=O) groups excluding carboxylic acids is 1. The quantitative estimate of drug-likeness (QED) is 0.796. The van der Waals surface area contributed by atoms with Gasteiger partial charge in [0.1, 0.15) is 0 Å². The predicted octanol–water partition coefficient (Wildman–Crippen LogP) is 2.25. The summed E-state index contributed by atoms with van der Waals surface area (Å²) < 4.78 is 5.07. The molecule has 1 heterocycles. The van der Waals surface area contributed by atoms with Crippen LogP contribution < -0.4 is 5.32 Å². The lowest BCUT2D eigenvalue weighted by Gasteiger charge is -2.12. The fraction of sp³-hybridized carbons (Fsp3) is 0.583. The Morgan fingerprint density at radius 3 is 2.76 bits per heavy atom. The normalized spacial score (nSPS) is 12.3. The summed E-state index contributed by atoms with van der Waals surface area (Å²) in [6.07, 6.45) is 2.36. The Morgan fingerprint density at radius 1 is 1.47 bits per heavy atom. The van der Waals surface area contributed by atoms with E-state index in [2.05, 4.69) is 22.2 Å². The van der Waals surface area contributed by atoms with E-state index in [1.165, 1.54) is 0 Å². The van der Waals surface area contributed by atoms with Crippen molar-refractivity contribution in [3.63, 3.8) is 0 Å². The van der Waals surface area contributed by atoms with Crippen molar-refractivity contribution in [1.82, 2.24) is 9.97 Å². The summed E-state index contributed by atoms with van der Waals surface area (Å²) in [4.78, 5) is 19.8. The van der Waals surface area contributed by atoms with Crippen LogP contribution in [0.5, 0.6) is 0 Å². The molecular weight excluding hydrogens is 218 g/mol. The van der Waals surface area contributed by atoms with E-state index in [1.54, 1.807) is 26.1 Å². The van der Waals surface area contributed by atoms with E-state index in [0.29, 0.717) is 5.95 Å². The van der Waals surface area contributed by atoms with Gasteiger partial charge in [0.15, 0.2) is 5.69 Å². The predicted molar refractivity (Wildman–Crippen MR) is 66.0 cm³/mol. The third-order valence-electron chi connectivity index (χ3n) is 2.20. The van der Waals surface area contributed by atoms with Crippen LogP contribution in [-0.4, -0.2) is 28.1 Å². The highest BCUT2D eigenvalue weighted by Gasteiger charge is 2.12. The number of carbonyl (C=O) groups is 1. The summed E-state index contributed by atoms with van der Waals surface area (Å²) in [6.45, 7) is 7.70. The zero-order chi connectivity index (χ0) is 12.8. The molecule has 1 unspecified atom stereocenters. The molecule has 1 N–H and O–H groups in total. The minimum absolute atomic E-state index is 0.150. The Labute approximate surface area is 102 Å². The van der Waals surface area contributed by atoms with Crippen molar-refractivity contribution in [2.24, 2.45) is 0 Å². The Bertz CT molecular complexity index is 380. The van der Waals surface area contributed by atoms with Crippen molar-refractivity contribution in [2.75, 3.05) is 5.32 Å². The zero-order valence-corrected chi connectivity index (χ0v) is 10.7. The fourth-order valence-electron chi connectivity index (χ4n) is 1.14. The number of ether oxygens (including phenoxy) is 1. The van der Waals surface area contributed by atoms with Gasteiger partial charge in [-0.1, -0.05) is 6.92 Å². The van der Waals surface area contributed by atoms with Gasteiger partial charge in [-0.15, -0.1) is 0 Å². The summed E-state index contributed by atoms with van der Waals surface area (Å²) in [5.41, 5.74) is 0.277. The highest BCUT2D eigenvalue weighted by atomic mass is 16.5. The van der Waals surface area contributed by atoms with Gasteiger partial charge < -0.3 is 10.1 Å². The molecule has 0 saturated carbocycles. The summed E-state index contributed by atoms with van der Waals surface area (Å²) in [5.74, 6) is 0.0344. The van der Waals surface area contributed by atoms with E-state index < -0.39 is 5.97 Å². The molecular formula is C12H19N3O2. The Morgan fingerprint density at radius 2 is 2.18 bits per heavy atom. The van der Waals surface area contributed by atoms with E-state index in [-0.39, 0.29) is 17.8 Å².